The van der Waals surface area contributed by atoms with Gasteiger partial charge in [0, 0.05) is 19.6 Å². The van der Waals surface area contributed by atoms with E-state index in [0.717, 1.165) is 19.4 Å². The van der Waals surface area contributed by atoms with Crippen molar-refractivity contribution >= 4 is 5.97 Å². The summed E-state index contributed by atoms with van der Waals surface area (Å²) in [4.78, 5) is 11.0. The lowest BCUT2D eigenvalue weighted by Gasteiger charge is -2.09. The van der Waals surface area contributed by atoms with E-state index in [4.69, 9.17) is 14.6 Å². The molecule has 0 aliphatic heterocycles. The molecule has 0 fully saturated rings. The second kappa shape index (κ2) is 9.39. The number of aromatic carboxylic acids is 1. The van der Waals surface area contributed by atoms with Gasteiger partial charge in [-0.15, -0.1) is 0 Å². The highest BCUT2D eigenvalue weighted by Gasteiger charge is 2.09. The number of para-hydroxylation sites is 1. The van der Waals surface area contributed by atoms with Crippen LogP contribution in [0, 0.1) is 0 Å². The number of unbranched alkanes of at least 4 members (excludes halogenated alkanes) is 2. The molecule has 0 atom stereocenters. The fraction of sp³-hybridized carbons (Fsp3) is 0.533. The van der Waals surface area contributed by atoms with Crippen molar-refractivity contribution in [3.63, 3.8) is 0 Å². The van der Waals surface area contributed by atoms with Crippen LogP contribution < -0.4 is 4.74 Å². The Balaban J connectivity index is 2.17. The topological polar surface area (TPSA) is 55.8 Å². The summed E-state index contributed by atoms with van der Waals surface area (Å²) in [5.41, 5.74) is 0.200. The maximum absolute atomic E-state index is 11.0. The summed E-state index contributed by atoms with van der Waals surface area (Å²) >= 11 is 0. The van der Waals surface area contributed by atoms with E-state index < -0.39 is 5.97 Å². The van der Waals surface area contributed by atoms with Gasteiger partial charge in [-0.3, -0.25) is 0 Å². The van der Waals surface area contributed by atoms with Crippen LogP contribution in [0.15, 0.2) is 24.3 Å². The van der Waals surface area contributed by atoms with Gasteiger partial charge in [-0.2, -0.15) is 0 Å². The lowest BCUT2D eigenvalue weighted by Crippen LogP contribution is -2.07. The van der Waals surface area contributed by atoms with E-state index >= 15 is 0 Å². The van der Waals surface area contributed by atoms with E-state index in [2.05, 4.69) is 6.92 Å². The van der Waals surface area contributed by atoms with Gasteiger partial charge in [0.1, 0.15) is 11.3 Å². The molecule has 106 valence electrons. The van der Waals surface area contributed by atoms with Gasteiger partial charge in [-0.1, -0.05) is 31.9 Å². The Bertz CT molecular complexity index is 376. The van der Waals surface area contributed by atoms with E-state index in [9.17, 15) is 4.79 Å². The van der Waals surface area contributed by atoms with Gasteiger partial charge < -0.3 is 14.6 Å². The van der Waals surface area contributed by atoms with Gasteiger partial charge >= 0.3 is 5.97 Å². The summed E-state index contributed by atoms with van der Waals surface area (Å²) in [5, 5.41) is 8.98. The van der Waals surface area contributed by atoms with Crippen molar-refractivity contribution in [1.29, 1.82) is 0 Å². The Morgan fingerprint density at radius 1 is 1.11 bits per heavy atom. The number of benzene rings is 1. The lowest BCUT2D eigenvalue weighted by molar-refractivity contribution is 0.0691. The van der Waals surface area contributed by atoms with Crippen LogP contribution in [-0.4, -0.2) is 30.9 Å². The fourth-order valence-corrected chi connectivity index (χ4v) is 1.67. The van der Waals surface area contributed by atoms with Crippen LogP contribution in [0.4, 0.5) is 0 Å². The van der Waals surface area contributed by atoms with E-state index in [1.54, 1.807) is 24.3 Å². The van der Waals surface area contributed by atoms with Crippen LogP contribution in [0.25, 0.3) is 0 Å². The molecule has 0 bridgehead atoms. The molecule has 1 aromatic carbocycles. The highest BCUT2D eigenvalue weighted by molar-refractivity contribution is 5.90. The molecule has 0 aliphatic rings. The van der Waals surface area contributed by atoms with Crippen LogP contribution in [0.2, 0.25) is 0 Å². The van der Waals surface area contributed by atoms with Crippen LogP contribution in [-0.2, 0) is 4.74 Å². The molecular weight excluding hydrogens is 244 g/mol. The quantitative estimate of drug-likeness (QED) is 0.660. The SMILES string of the molecule is CCCCCOCCCOc1ccccc1C(=O)O. The van der Waals surface area contributed by atoms with Gasteiger partial charge in [0.2, 0.25) is 0 Å². The van der Waals surface area contributed by atoms with E-state index in [1.165, 1.54) is 12.8 Å². The van der Waals surface area contributed by atoms with Gasteiger partial charge in [-0.25, -0.2) is 4.79 Å². The standard InChI is InChI=1S/C15H22O4/c1-2-3-6-10-18-11-7-12-19-14-9-5-4-8-13(14)15(16)17/h4-5,8-9H,2-3,6-7,10-12H2,1H3,(H,16,17). The molecule has 0 unspecified atom stereocenters. The van der Waals surface area contributed by atoms with E-state index in [0.29, 0.717) is 19.0 Å². The molecule has 0 aromatic heterocycles. The highest BCUT2D eigenvalue weighted by atomic mass is 16.5. The minimum Gasteiger partial charge on any atom is -0.493 e. The first-order chi connectivity index (χ1) is 9.25. The average molecular weight is 266 g/mol. The number of hydrogen-bond acceptors (Lipinski definition) is 3. The third-order valence-electron chi connectivity index (χ3n) is 2.70. The predicted molar refractivity (Wildman–Crippen MR) is 73.9 cm³/mol. The number of ether oxygens (including phenoxy) is 2. The van der Waals surface area contributed by atoms with Crippen molar-refractivity contribution in [2.75, 3.05) is 19.8 Å². The molecule has 1 rings (SSSR count). The number of rotatable bonds is 10. The Kier molecular flexibility index (Phi) is 7.66. The normalized spacial score (nSPS) is 10.4. The van der Waals surface area contributed by atoms with Crippen LogP contribution in [0.1, 0.15) is 43.0 Å². The van der Waals surface area contributed by atoms with Crippen molar-refractivity contribution in [2.45, 2.75) is 32.6 Å². The van der Waals surface area contributed by atoms with Crippen molar-refractivity contribution in [2.24, 2.45) is 0 Å². The summed E-state index contributed by atoms with van der Waals surface area (Å²) in [7, 11) is 0. The van der Waals surface area contributed by atoms with Crippen molar-refractivity contribution in [3.8, 4) is 5.75 Å². The van der Waals surface area contributed by atoms with Gasteiger partial charge in [0.25, 0.3) is 0 Å². The first-order valence-electron chi connectivity index (χ1n) is 6.78. The second-order valence-electron chi connectivity index (χ2n) is 4.32. The lowest BCUT2D eigenvalue weighted by atomic mass is 10.2. The molecule has 0 spiro atoms. The molecule has 0 aliphatic carbocycles. The number of carbonyl (C=O) groups is 1. The molecule has 0 heterocycles. The Morgan fingerprint density at radius 2 is 1.84 bits per heavy atom. The Morgan fingerprint density at radius 3 is 2.58 bits per heavy atom. The van der Waals surface area contributed by atoms with Gasteiger partial charge in [0.05, 0.1) is 6.61 Å². The minimum atomic E-state index is -0.966. The first-order valence-corrected chi connectivity index (χ1v) is 6.78. The van der Waals surface area contributed by atoms with Crippen molar-refractivity contribution < 1.29 is 19.4 Å². The second-order valence-corrected chi connectivity index (χ2v) is 4.32. The molecule has 19 heavy (non-hydrogen) atoms. The summed E-state index contributed by atoms with van der Waals surface area (Å²) in [6.07, 6.45) is 4.25. The molecule has 0 saturated heterocycles. The van der Waals surface area contributed by atoms with Crippen LogP contribution >= 0.6 is 0 Å². The maximum atomic E-state index is 11.0. The molecule has 0 saturated carbocycles. The Labute approximate surface area is 114 Å². The number of carboxylic acid groups (broad SMARTS) is 1. The summed E-state index contributed by atoms with van der Waals surface area (Å²) < 4.78 is 10.9. The smallest absolute Gasteiger partial charge is 0.339 e. The average Bonchev–Trinajstić information content (AvgIpc) is 2.42. The fourth-order valence-electron chi connectivity index (χ4n) is 1.67. The molecule has 1 aromatic rings. The van der Waals surface area contributed by atoms with Crippen LogP contribution in [0.5, 0.6) is 5.75 Å². The van der Waals surface area contributed by atoms with Gasteiger partial charge in [0.15, 0.2) is 0 Å². The van der Waals surface area contributed by atoms with Crippen molar-refractivity contribution in [1.82, 2.24) is 0 Å². The molecule has 0 radical (unpaired) electrons. The maximum Gasteiger partial charge on any atom is 0.339 e. The largest absolute Gasteiger partial charge is 0.493 e. The van der Waals surface area contributed by atoms with Crippen molar-refractivity contribution in [3.05, 3.63) is 29.8 Å². The minimum absolute atomic E-state index is 0.200. The molecular formula is C15H22O4. The summed E-state index contributed by atoms with van der Waals surface area (Å²) in [5.74, 6) is -0.549. The number of hydrogen-bond donors (Lipinski definition) is 1. The Hall–Kier alpha value is -1.55. The third-order valence-corrected chi connectivity index (χ3v) is 2.70. The molecule has 1 N–H and O–H groups in total. The molecule has 0 amide bonds. The van der Waals surface area contributed by atoms with E-state index in [1.807, 2.05) is 0 Å². The van der Waals surface area contributed by atoms with Gasteiger partial charge in [-0.05, 0) is 18.6 Å². The zero-order valence-corrected chi connectivity index (χ0v) is 11.4. The third kappa shape index (κ3) is 6.25. The summed E-state index contributed by atoms with van der Waals surface area (Å²) in [6.45, 7) is 4.07. The zero-order valence-electron chi connectivity index (χ0n) is 11.4. The monoisotopic (exact) mass is 266 g/mol. The molecule has 4 nitrogen and oxygen atoms in total. The molecule has 4 heteroatoms. The zero-order chi connectivity index (χ0) is 13.9. The first kappa shape index (κ1) is 15.5. The highest BCUT2D eigenvalue weighted by Crippen LogP contribution is 2.17. The van der Waals surface area contributed by atoms with E-state index in [-0.39, 0.29) is 5.56 Å². The number of carboxylic acids is 1. The summed E-state index contributed by atoms with van der Waals surface area (Å²) in [6, 6.07) is 6.67. The predicted octanol–water partition coefficient (Wildman–Crippen LogP) is 3.36. The van der Waals surface area contributed by atoms with Crippen LogP contribution in [0.3, 0.4) is 0 Å².